The zero-order chi connectivity index (χ0) is 24.3. The molecule has 0 unspecified atom stereocenters. The molecule has 0 N–H and O–H groups in total. The summed E-state index contributed by atoms with van der Waals surface area (Å²) in [6.45, 7) is 0. The predicted octanol–water partition coefficient (Wildman–Crippen LogP) is 12.6. The van der Waals surface area contributed by atoms with Crippen LogP contribution in [0.15, 0.2) is 54.8 Å². The minimum atomic E-state index is 1.38. The Bertz CT molecular complexity index is 1350. The Labute approximate surface area is 245 Å². The Kier molecular flexibility index (Phi) is 8.08. The van der Waals surface area contributed by atoms with Gasteiger partial charge in [0, 0.05) is 24.5 Å². The van der Waals surface area contributed by atoms with Gasteiger partial charge in [-0.2, -0.15) is 0 Å². The smallest absolute Gasteiger partial charge is 0.0268 e. The van der Waals surface area contributed by atoms with Gasteiger partial charge in [-0.25, -0.2) is 0 Å². The molecule has 0 amide bonds. The summed E-state index contributed by atoms with van der Waals surface area (Å²) >= 11 is 0. The van der Waals surface area contributed by atoms with Crippen molar-refractivity contribution in [1.29, 1.82) is 0 Å². The number of hydrogen-bond acceptors (Lipinski definition) is 10. The third-order valence-corrected chi connectivity index (χ3v) is 14.8. The molecule has 0 atom stereocenters. The Morgan fingerprint density at radius 1 is 0.314 bits per heavy atom. The molecule has 0 aromatic heterocycles. The molecule has 6 aromatic rings. The summed E-state index contributed by atoms with van der Waals surface area (Å²) in [5.41, 5.74) is 0. The first-order valence-electron chi connectivity index (χ1n) is 10.5. The third-order valence-electron chi connectivity index (χ3n) is 6.17. The standard InChI is InChI=1S/C25H20S10/c1-26-31-16-6-12-18(33-28-3)8-14-20(35-30-5)10-15-19(34-29-4)9-13-17(32-27-2)7-11(16)21-22(12)24(14)25(15)23(13)21/h6-10H,1-5H3. The fourth-order valence-corrected chi connectivity index (χ4v) is 12.9. The number of benzene rings is 5. The highest BCUT2D eigenvalue weighted by Crippen LogP contribution is 2.58. The quantitative estimate of drug-likeness (QED) is 0.104. The van der Waals surface area contributed by atoms with E-state index in [9.17, 15) is 0 Å². The first-order valence-corrected chi connectivity index (χ1v) is 23.3. The minimum Gasteiger partial charge on any atom is -0.0924 e. The van der Waals surface area contributed by atoms with E-state index in [2.05, 4.69) is 61.6 Å². The van der Waals surface area contributed by atoms with Crippen LogP contribution in [0.5, 0.6) is 0 Å². The van der Waals surface area contributed by atoms with Crippen LogP contribution in [0.3, 0.4) is 0 Å². The van der Waals surface area contributed by atoms with E-state index in [4.69, 9.17) is 0 Å². The van der Waals surface area contributed by atoms with Crippen LogP contribution in [-0.2, 0) is 0 Å². The Morgan fingerprint density at radius 3 is 0.629 bits per heavy atom. The SMILES string of the molecule is CSSc1cc2c(SSC)cc3c(SSC)cc4c(SSC)cc5c(SSC)cc1c1c5c4c3c21. The summed E-state index contributed by atoms with van der Waals surface area (Å²) in [4.78, 5) is 6.92. The summed E-state index contributed by atoms with van der Waals surface area (Å²) in [5, 5.41) is 14.4. The van der Waals surface area contributed by atoms with Gasteiger partial charge in [-0.15, -0.1) is 0 Å². The van der Waals surface area contributed by atoms with E-state index in [0.717, 1.165) is 0 Å². The highest BCUT2D eigenvalue weighted by molar-refractivity contribution is 8.77. The molecule has 0 aliphatic heterocycles. The number of rotatable bonds is 10. The lowest BCUT2D eigenvalue weighted by molar-refractivity contribution is 1.51. The fraction of sp³-hybridized carbons (Fsp3) is 0.200. The second kappa shape index (κ2) is 10.8. The van der Waals surface area contributed by atoms with Crippen molar-refractivity contribution in [2.45, 2.75) is 24.5 Å². The average Bonchev–Trinajstić information content (AvgIpc) is 3.21. The van der Waals surface area contributed by atoms with Crippen LogP contribution in [-0.4, -0.2) is 31.3 Å². The second-order valence-electron chi connectivity index (χ2n) is 7.74. The summed E-state index contributed by atoms with van der Waals surface area (Å²) in [5.74, 6) is 0. The molecule has 0 nitrogen and oxygen atoms in total. The lowest BCUT2D eigenvalue weighted by atomic mass is 9.99. The van der Waals surface area contributed by atoms with Crippen LogP contribution in [0.4, 0.5) is 0 Å². The maximum atomic E-state index is 2.47. The molecule has 0 spiro atoms. The predicted molar refractivity (Wildman–Crippen MR) is 184 cm³/mol. The van der Waals surface area contributed by atoms with Crippen molar-refractivity contribution in [2.75, 3.05) is 31.3 Å². The van der Waals surface area contributed by atoms with E-state index in [1.165, 1.54) is 78.3 Å². The molecule has 0 fully saturated rings. The molecular formula is C25H20S10. The topological polar surface area (TPSA) is 0 Å². The van der Waals surface area contributed by atoms with Gasteiger partial charge < -0.3 is 0 Å². The van der Waals surface area contributed by atoms with Crippen molar-refractivity contribution in [3.8, 4) is 0 Å². The van der Waals surface area contributed by atoms with Crippen LogP contribution in [0.2, 0.25) is 0 Å². The maximum Gasteiger partial charge on any atom is 0.0268 e. The Hall–Kier alpha value is 0.900. The molecule has 6 rings (SSSR count). The Morgan fingerprint density at radius 2 is 0.486 bits per heavy atom. The largest absolute Gasteiger partial charge is 0.0924 e. The monoisotopic (exact) mass is 640 g/mol. The van der Waals surface area contributed by atoms with Crippen LogP contribution in [0, 0.1) is 0 Å². The molecule has 35 heavy (non-hydrogen) atoms. The Balaban J connectivity index is 1.94. The summed E-state index contributed by atoms with van der Waals surface area (Å²) in [6, 6.07) is 12.4. The third kappa shape index (κ3) is 4.11. The molecule has 0 heterocycles. The van der Waals surface area contributed by atoms with E-state index in [-0.39, 0.29) is 0 Å². The molecule has 180 valence electrons. The summed E-state index contributed by atoms with van der Waals surface area (Å²) < 4.78 is 0. The van der Waals surface area contributed by atoms with Crippen LogP contribution < -0.4 is 0 Å². The van der Waals surface area contributed by atoms with Gasteiger partial charge in [-0.05, 0) is 115 Å². The van der Waals surface area contributed by atoms with E-state index in [0.29, 0.717) is 0 Å². The first kappa shape index (κ1) is 26.1. The first-order chi connectivity index (χ1) is 17.2. The highest BCUT2D eigenvalue weighted by atomic mass is 33.1. The molecule has 0 bridgehead atoms. The van der Waals surface area contributed by atoms with Gasteiger partial charge in [-0.3, -0.25) is 0 Å². The molecule has 0 radical (unpaired) electrons. The van der Waals surface area contributed by atoms with Gasteiger partial charge in [0.1, 0.15) is 0 Å². The van der Waals surface area contributed by atoms with E-state index < -0.39 is 0 Å². The molecule has 0 aliphatic rings. The van der Waals surface area contributed by atoms with Gasteiger partial charge in [0.15, 0.2) is 0 Å². The highest BCUT2D eigenvalue weighted by Gasteiger charge is 2.28. The summed E-state index contributed by atoms with van der Waals surface area (Å²) in [7, 11) is 18.7. The normalized spacial score (nSPS) is 12.7. The maximum absolute atomic E-state index is 2.47. The zero-order valence-corrected chi connectivity index (χ0v) is 27.6. The van der Waals surface area contributed by atoms with Crippen molar-refractivity contribution in [3.05, 3.63) is 30.3 Å². The lowest BCUT2D eigenvalue weighted by Crippen LogP contribution is -1.85. The van der Waals surface area contributed by atoms with Crippen molar-refractivity contribution < 1.29 is 0 Å². The summed E-state index contributed by atoms with van der Waals surface area (Å²) in [6.07, 6.45) is 10.9. The fourth-order valence-electron chi connectivity index (χ4n) is 5.14. The van der Waals surface area contributed by atoms with Gasteiger partial charge in [0.2, 0.25) is 0 Å². The molecule has 0 saturated heterocycles. The van der Waals surface area contributed by atoms with Crippen LogP contribution >= 0.6 is 108 Å². The zero-order valence-electron chi connectivity index (χ0n) is 19.5. The molecule has 0 aliphatic carbocycles. The van der Waals surface area contributed by atoms with E-state index >= 15 is 0 Å². The van der Waals surface area contributed by atoms with Crippen molar-refractivity contribution in [2.24, 2.45) is 0 Å². The molecule has 0 saturated carbocycles. The van der Waals surface area contributed by atoms with Crippen LogP contribution in [0.25, 0.3) is 53.9 Å². The van der Waals surface area contributed by atoms with Gasteiger partial charge in [0.25, 0.3) is 0 Å². The van der Waals surface area contributed by atoms with Crippen molar-refractivity contribution in [3.63, 3.8) is 0 Å². The van der Waals surface area contributed by atoms with Crippen molar-refractivity contribution in [1.82, 2.24) is 0 Å². The van der Waals surface area contributed by atoms with Gasteiger partial charge in [0.05, 0.1) is 0 Å². The lowest BCUT2D eigenvalue weighted by Gasteiger charge is -2.14. The van der Waals surface area contributed by atoms with E-state index in [1.54, 1.807) is 0 Å². The molecule has 6 aromatic carbocycles. The number of hydrogen-bond donors (Lipinski definition) is 0. The molecule has 10 heteroatoms. The van der Waals surface area contributed by atoms with E-state index in [1.807, 2.05) is 108 Å². The molecular weight excluding hydrogens is 621 g/mol. The van der Waals surface area contributed by atoms with Gasteiger partial charge in [-0.1, -0.05) is 108 Å². The average molecular weight is 641 g/mol. The minimum absolute atomic E-state index is 1.38. The van der Waals surface area contributed by atoms with Crippen molar-refractivity contribution >= 4 is 162 Å². The van der Waals surface area contributed by atoms with Gasteiger partial charge >= 0.3 is 0 Å². The van der Waals surface area contributed by atoms with Crippen LogP contribution in [0.1, 0.15) is 0 Å². The second-order valence-corrected chi connectivity index (χ2v) is 19.9.